The number of ether oxygens (including phenoxy) is 1. The molecule has 2 rings (SSSR count). The lowest BCUT2D eigenvalue weighted by Gasteiger charge is -2.21. The zero-order valence-electron chi connectivity index (χ0n) is 13.4. The summed E-state index contributed by atoms with van der Waals surface area (Å²) >= 11 is 0. The summed E-state index contributed by atoms with van der Waals surface area (Å²) < 4.78 is 5.53. The summed E-state index contributed by atoms with van der Waals surface area (Å²) in [5.41, 5.74) is 2.18. The van der Waals surface area contributed by atoms with Gasteiger partial charge in [0.15, 0.2) is 0 Å². The van der Waals surface area contributed by atoms with E-state index < -0.39 is 0 Å². The molecule has 1 amide bonds. The Hall–Kier alpha value is -1.51. The van der Waals surface area contributed by atoms with Crippen LogP contribution >= 0.6 is 0 Å². The van der Waals surface area contributed by atoms with E-state index in [0.29, 0.717) is 17.6 Å². The lowest BCUT2D eigenvalue weighted by atomic mass is 9.89. The maximum atomic E-state index is 12.0. The first-order valence-corrected chi connectivity index (χ1v) is 8.12. The van der Waals surface area contributed by atoms with Crippen LogP contribution in [0.4, 0.5) is 4.79 Å². The first-order chi connectivity index (χ1) is 10.1. The van der Waals surface area contributed by atoms with E-state index >= 15 is 0 Å². The third-order valence-electron chi connectivity index (χ3n) is 4.25. The SMILES string of the molecule is Cc1ccc(C(C)C)c(OC(=O)NCC2CCCCC2)c1. The van der Waals surface area contributed by atoms with Crippen LogP contribution in [0.1, 0.15) is 63.0 Å². The topological polar surface area (TPSA) is 38.3 Å². The monoisotopic (exact) mass is 289 g/mol. The number of rotatable bonds is 4. The van der Waals surface area contributed by atoms with Crippen molar-refractivity contribution in [1.29, 1.82) is 0 Å². The van der Waals surface area contributed by atoms with E-state index in [9.17, 15) is 4.79 Å². The van der Waals surface area contributed by atoms with E-state index in [4.69, 9.17) is 4.74 Å². The number of aryl methyl sites for hydroxylation is 1. The van der Waals surface area contributed by atoms with Crippen LogP contribution in [0.5, 0.6) is 5.75 Å². The Labute approximate surface area is 128 Å². The van der Waals surface area contributed by atoms with Gasteiger partial charge in [0, 0.05) is 6.54 Å². The first kappa shape index (κ1) is 15.9. The van der Waals surface area contributed by atoms with Crippen LogP contribution in [0, 0.1) is 12.8 Å². The van der Waals surface area contributed by atoms with E-state index in [1.165, 1.54) is 32.1 Å². The van der Waals surface area contributed by atoms with Crippen molar-refractivity contribution < 1.29 is 9.53 Å². The Balaban J connectivity index is 1.91. The van der Waals surface area contributed by atoms with Crippen LogP contribution in [0.25, 0.3) is 0 Å². The second kappa shape index (κ2) is 7.48. The molecule has 116 valence electrons. The molecule has 0 spiro atoms. The highest BCUT2D eigenvalue weighted by Gasteiger charge is 2.16. The van der Waals surface area contributed by atoms with Gasteiger partial charge in [0.2, 0.25) is 0 Å². The lowest BCUT2D eigenvalue weighted by Crippen LogP contribution is -2.32. The van der Waals surface area contributed by atoms with Gasteiger partial charge in [-0.3, -0.25) is 0 Å². The van der Waals surface area contributed by atoms with Crippen LogP contribution in [0.15, 0.2) is 18.2 Å². The molecule has 0 atom stereocenters. The van der Waals surface area contributed by atoms with Gasteiger partial charge in [-0.25, -0.2) is 4.79 Å². The fraction of sp³-hybridized carbons (Fsp3) is 0.611. The molecule has 3 nitrogen and oxygen atoms in total. The van der Waals surface area contributed by atoms with Gasteiger partial charge in [-0.2, -0.15) is 0 Å². The van der Waals surface area contributed by atoms with E-state index in [1.54, 1.807) is 0 Å². The number of benzene rings is 1. The predicted octanol–water partition coefficient (Wildman–Crippen LogP) is 4.79. The molecule has 1 saturated carbocycles. The molecule has 1 N–H and O–H groups in total. The van der Waals surface area contributed by atoms with Crippen molar-refractivity contribution >= 4 is 6.09 Å². The van der Waals surface area contributed by atoms with Gasteiger partial charge >= 0.3 is 6.09 Å². The average molecular weight is 289 g/mol. The number of hydrogen-bond acceptors (Lipinski definition) is 2. The third-order valence-corrected chi connectivity index (χ3v) is 4.25. The van der Waals surface area contributed by atoms with Crippen LogP contribution in [-0.4, -0.2) is 12.6 Å². The minimum atomic E-state index is -0.326. The standard InChI is InChI=1S/C18H27NO2/c1-13(2)16-10-9-14(3)11-17(16)21-18(20)19-12-15-7-5-4-6-8-15/h9-11,13,15H,4-8,12H2,1-3H3,(H,19,20). The summed E-state index contributed by atoms with van der Waals surface area (Å²) in [6.07, 6.45) is 6.03. The number of nitrogens with one attached hydrogen (secondary N) is 1. The predicted molar refractivity (Wildman–Crippen MR) is 85.9 cm³/mol. The molecule has 3 heteroatoms. The molecule has 1 aromatic rings. The Morgan fingerprint density at radius 1 is 1.29 bits per heavy atom. The largest absolute Gasteiger partial charge is 0.412 e. The number of amides is 1. The zero-order chi connectivity index (χ0) is 15.2. The van der Waals surface area contributed by atoms with Crippen molar-refractivity contribution in [3.05, 3.63) is 29.3 Å². The molecule has 0 saturated heterocycles. The summed E-state index contributed by atoms with van der Waals surface area (Å²) in [5, 5.41) is 2.93. The van der Waals surface area contributed by atoms with E-state index in [2.05, 4.69) is 25.2 Å². The Bertz CT molecular complexity index is 476. The lowest BCUT2D eigenvalue weighted by molar-refractivity contribution is 0.195. The van der Waals surface area contributed by atoms with Gasteiger partial charge in [-0.1, -0.05) is 45.2 Å². The molecule has 0 aliphatic heterocycles. The second-order valence-corrected chi connectivity index (χ2v) is 6.47. The van der Waals surface area contributed by atoms with Gasteiger partial charge in [0.25, 0.3) is 0 Å². The van der Waals surface area contributed by atoms with Gasteiger partial charge in [-0.05, 0) is 48.8 Å². The van der Waals surface area contributed by atoms with E-state index in [1.807, 2.05) is 19.1 Å². The summed E-state index contributed by atoms with van der Waals surface area (Å²) in [7, 11) is 0. The zero-order valence-corrected chi connectivity index (χ0v) is 13.4. The molecule has 1 aromatic carbocycles. The first-order valence-electron chi connectivity index (χ1n) is 8.12. The number of carbonyl (C=O) groups is 1. The molecule has 0 heterocycles. The van der Waals surface area contributed by atoms with Crippen molar-refractivity contribution in [3.63, 3.8) is 0 Å². The smallest absolute Gasteiger partial charge is 0.410 e. The van der Waals surface area contributed by atoms with Gasteiger partial charge in [-0.15, -0.1) is 0 Å². The van der Waals surface area contributed by atoms with Crippen molar-refractivity contribution in [3.8, 4) is 5.75 Å². The Morgan fingerprint density at radius 3 is 2.67 bits per heavy atom. The summed E-state index contributed by atoms with van der Waals surface area (Å²) in [5.74, 6) is 1.64. The molecule has 1 aliphatic rings. The number of hydrogen-bond donors (Lipinski definition) is 1. The summed E-state index contributed by atoms with van der Waals surface area (Å²) in [4.78, 5) is 12.0. The van der Waals surface area contributed by atoms with E-state index in [0.717, 1.165) is 17.7 Å². The van der Waals surface area contributed by atoms with Crippen LogP contribution in [0.2, 0.25) is 0 Å². The minimum Gasteiger partial charge on any atom is -0.410 e. The van der Waals surface area contributed by atoms with E-state index in [-0.39, 0.29) is 6.09 Å². The van der Waals surface area contributed by atoms with Gasteiger partial charge in [0.1, 0.15) is 5.75 Å². The maximum absolute atomic E-state index is 12.0. The van der Waals surface area contributed by atoms with Gasteiger partial charge < -0.3 is 10.1 Å². The van der Waals surface area contributed by atoms with Crippen LogP contribution in [0.3, 0.4) is 0 Å². The molecule has 1 aliphatic carbocycles. The molecule has 0 aromatic heterocycles. The summed E-state index contributed by atoms with van der Waals surface area (Å²) in [6, 6.07) is 6.04. The second-order valence-electron chi connectivity index (χ2n) is 6.47. The van der Waals surface area contributed by atoms with Crippen LogP contribution < -0.4 is 10.1 Å². The molecular weight excluding hydrogens is 262 g/mol. The Kier molecular flexibility index (Phi) is 5.66. The number of carbonyl (C=O) groups excluding carboxylic acids is 1. The fourth-order valence-electron chi connectivity index (χ4n) is 2.96. The quantitative estimate of drug-likeness (QED) is 0.865. The highest BCUT2D eigenvalue weighted by atomic mass is 16.6. The third kappa shape index (κ3) is 4.76. The van der Waals surface area contributed by atoms with Crippen molar-refractivity contribution in [2.45, 2.75) is 58.8 Å². The average Bonchev–Trinajstić information content (AvgIpc) is 2.46. The maximum Gasteiger partial charge on any atom is 0.412 e. The Morgan fingerprint density at radius 2 is 2.00 bits per heavy atom. The van der Waals surface area contributed by atoms with Crippen molar-refractivity contribution in [2.75, 3.05) is 6.54 Å². The highest BCUT2D eigenvalue weighted by molar-refractivity contribution is 5.71. The normalized spacial score (nSPS) is 16.0. The summed E-state index contributed by atoms with van der Waals surface area (Å²) in [6.45, 7) is 6.97. The molecule has 0 unspecified atom stereocenters. The van der Waals surface area contributed by atoms with Crippen LogP contribution in [-0.2, 0) is 0 Å². The minimum absolute atomic E-state index is 0.326. The molecule has 1 fully saturated rings. The molecular formula is C18H27NO2. The molecule has 0 bridgehead atoms. The van der Waals surface area contributed by atoms with Gasteiger partial charge in [0.05, 0.1) is 0 Å². The van der Waals surface area contributed by atoms with Crippen molar-refractivity contribution in [2.24, 2.45) is 5.92 Å². The highest BCUT2D eigenvalue weighted by Crippen LogP contribution is 2.27. The fourth-order valence-corrected chi connectivity index (χ4v) is 2.96. The van der Waals surface area contributed by atoms with Crippen molar-refractivity contribution in [1.82, 2.24) is 5.32 Å². The molecule has 0 radical (unpaired) electrons. The molecule has 21 heavy (non-hydrogen) atoms.